The second-order valence-corrected chi connectivity index (χ2v) is 11.6. The third-order valence-electron chi connectivity index (χ3n) is 8.23. The van der Waals surface area contributed by atoms with Gasteiger partial charge < -0.3 is 15.0 Å². The van der Waals surface area contributed by atoms with Crippen LogP contribution >= 0.6 is 0 Å². The molecule has 0 aliphatic carbocycles. The second-order valence-electron chi connectivity index (χ2n) is 11.6. The van der Waals surface area contributed by atoms with Crippen LogP contribution in [0, 0.1) is 5.41 Å². The zero-order valence-corrected chi connectivity index (χ0v) is 23.7. The smallest absolute Gasteiger partial charge is 0.229 e. The van der Waals surface area contributed by atoms with Crippen LogP contribution in [0.2, 0.25) is 0 Å². The summed E-state index contributed by atoms with van der Waals surface area (Å²) in [5.41, 5.74) is 7.95. The van der Waals surface area contributed by atoms with Crippen molar-refractivity contribution in [3.8, 4) is 5.88 Å². The predicted molar refractivity (Wildman–Crippen MR) is 155 cm³/mol. The lowest BCUT2D eigenvalue weighted by atomic mass is 9.72. The fourth-order valence-electron chi connectivity index (χ4n) is 6.05. The number of amides is 1. The van der Waals surface area contributed by atoms with Gasteiger partial charge >= 0.3 is 0 Å². The number of aryl methyl sites for hydroxylation is 1. The van der Waals surface area contributed by atoms with E-state index in [1.807, 2.05) is 12.1 Å². The molecule has 6 nitrogen and oxygen atoms in total. The number of rotatable bonds is 12. The average molecular weight is 518 g/mol. The van der Waals surface area contributed by atoms with Gasteiger partial charge in [0.15, 0.2) is 0 Å². The molecule has 1 aliphatic rings. The summed E-state index contributed by atoms with van der Waals surface area (Å²) in [6.07, 6.45) is 4.74. The molecule has 1 amide bonds. The Morgan fingerprint density at radius 2 is 1.87 bits per heavy atom. The van der Waals surface area contributed by atoms with Crippen molar-refractivity contribution in [3.63, 3.8) is 0 Å². The summed E-state index contributed by atoms with van der Waals surface area (Å²) in [5.74, 6) is 0.525. The number of carbonyl (C=O) groups excluding carboxylic acids is 1. The highest BCUT2D eigenvalue weighted by Crippen LogP contribution is 2.43. The van der Waals surface area contributed by atoms with E-state index in [4.69, 9.17) is 15.5 Å². The quantitative estimate of drug-likeness (QED) is 0.328. The summed E-state index contributed by atoms with van der Waals surface area (Å²) in [6, 6.07) is 21.2. The molecule has 2 aromatic carbocycles. The number of hydrogen-bond acceptors (Lipinski definition) is 4. The zero-order chi connectivity index (χ0) is 27.2. The third kappa shape index (κ3) is 6.54. The summed E-state index contributed by atoms with van der Waals surface area (Å²) >= 11 is 0. The van der Waals surface area contributed by atoms with E-state index in [-0.39, 0.29) is 11.9 Å². The first-order valence-corrected chi connectivity index (χ1v) is 14.2. The number of quaternary nitrogens is 1. The predicted octanol–water partition coefficient (Wildman–Crippen LogP) is 5.36. The Kier molecular flexibility index (Phi) is 9.06. The van der Waals surface area contributed by atoms with Gasteiger partial charge in [0.25, 0.3) is 0 Å². The fourth-order valence-corrected chi connectivity index (χ4v) is 6.05. The molecule has 2 unspecified atom stereocenters. The Morgan fingerprint density at radius 1 is 1.13 bits per heavy atom. The molecule has 0 radical (unpaired) electrons. The zero-order valence-electron chi connectivity index (χ0n) is 23.7. The van der Waals surface area contributed by atoms with Gasteiger partial charge in [0, 0.05) is 17.1 Å². The molecule has 2 atom stereocenters. The number of pyridine rings is 1. The first-order valence-electron chi connectivity index (χ1n) is 14.2. The molecule has 3 aromatic rings. The van der Waals surface area contributed by atoms with Crippen molar-refractivity contribution in [2.45, 2.75) is 52.0 Å². The number of piperidine rings is 1. The van der Waals surface area contributed by atoms with Crippen LogP contribution in [0.5, 0.6) is 5.88 Å². The van der Waals surface area contributed by atoms with Crippen LogP contribution in [0.3, 0.4) is 0 Å². The number of nitrogens with zero attached hydrogens (tertiary/aromatic N) is 3. The van der Waals surface area contributed by atoms with Crippen molar-refractivity contribution in [1.82, 2.24) is 9.88 Å². The van der Waals surface area contributed by atoms with E-state index in [9.17, 15) is 4.79 Å². The van der Waals surface area contributed by atoms with Crippen LogP contribution < -0.4 is 10.5 Å². The highest BCUT2D eigenvalue weighted by atomic mass is 16.5. The molecule has 6 heteroatoms. The second kappa shape index (κ2) is 12.3. The maximum Gasteiger partial charge on any atom is 0.229 e. The minimum Gasteiger partial charge on any atom is -0.471 e. The van der Waals surface area contributed by atoms with Gasteiger partial charge in [-0.25, -0.2) is 4.98 Å². The molecule has 2 heterocycles. The Morgan fingerprint density at radius 3 is 2.58 bits per heavy atom. The summed E-state index contributed by atoms with van der Waals surface area (Å²) in [5, 5.41) is 2.21. The molecule has 1 saturated heterocycles. The number of nitrogens with two attached hydrogens (primary N) is 1. The van der Waals surface area contributed by atoms with E-state index in [0.29, 0.717) is 23.5 Å². The van der Waals surface area contributed by atoms with Crippen LogP contribution in [0.25, 0.3) is 10.8 Å². The van der Waals surface area contributed by atoms with Gasteiger partial charge in [-0.3, -0.25) is 9.69 Å². The first-order chi connectivity index (χ1) is 18.3. The van der Waals surface area contributed by atoms with Gasteiger partial charge in [0.2, 0.25) is 11.8 Å². The highest BCUT2D eigenvalue weighted by Gasteiger charge is 2.48. The summed E-state index contributed by atoms with van der Waals surface area (Å²) in [7, 11) is 4.36. The largest absolute Gasteiger partial charge is 0.471 e. The van der Waals surface area contributed by atoms with E-state index in [1.165, 1.54) is 10.9 Å². The van der Waals surface area contributed by atoms with Gasteiger partial charge in [-0.15, -0.1) is 0 Å². The number of primary amides is 1. The molecule has 38 heavy (non-hydrogen) atoms. The van der Waals surface area contributed by atoms with E-state index in [1.54, 1.807) is 0 Å². The Hall–Kier alpha value is -2.96. The van der Waals surface area contributed by atoms with Crippen LogP contribution in [0.15, 0.2) is 60.7 Å². The molecule has 4 rings (SSSR count). The molecule has 0 spiro atoms. The standard InChI is InChI=1S/C32H44N4O2/c1-5-7-16-27-22-26-15-11-12-17-28(26)30(34-27)38-21-20-36(3,4)24-32(31(33)37)18-19-35(6-2)29(23-32)25-13-9-8-10-14-25/h8-15,17,22,29H,5-7,16,18-21,23-24H2,1-4H3,(H-,33,37)/p+1. The minimum absolute atomic E-state index is 0.183. The van der Waals surface area contributed by atoms with Crippen molar-refractivity contribution >= 4 is 16.7 Å². The molecular weight excluding hydrogens is 472 g/mol. The number of carbonyl (C=O) groups is 1. The summed E-state index contributed by atoms with van der Waals surface area (Å²) in [6.45, 7) is 8.20. The average Bonchev–Trinajstić information content (AvgIpc) is 2.92. The van der Waals surface area contributed by atoms with Crippen molar-refractivity contribution < 1.29 is 14.0 Å². The number of aromatic nitrogens is 1. The Balaban J connectivity index is 1.48. The third-order valence-corrected chi connectivity index (χ3v) is 8.23. The van der Waals surface area contributed by atoms with Crippen molar-refractivity contribution in [2.75, 3.05) is 46.9 Å². The topological polar surface area (TPSA) is 68.5 Å². The van der Waals surface area contributed by atoms with Crippen LogP contribution in [0.1, 0.15) is 56.8 Å². The number of ether oxygens (including phenoxy) is 1. The first kappa shape index (κ1) is 28.1. The number of likely N-dealkylation sites (N-methyl/N-ethyl adjacent to an activating group) is 1. The number of unbranched alkanes of at least 4 members (excludes halogenated alkanes) is 1. The van der Waals surface area contributed by atoms with Gasteiger partial charge in [-0.05, 0) is 61.9 Å². The molecule has 0 saturated carbocycles. The molecule has 1 aromatic heterocycles. The van der Waals surface area contributed by atoms with Crippen molar-refractivity contribution in [1.29, 1.82) is 0 Å². The molecule has 1 fully saturated rings. The van der Waals surface area contributed by atoms with Crippen LogP contribution in [0.4, 0.5) is 0 Å². The highest BCUT2D eigenvalue weighted by molar-refractivity contribution is 5.87. The lowest BCUT2D eigenvalue weighted by Crippen LogP contribution is -2.58. The normalized spacial score (nSPS) is 20.5. The minimum atomic E-state index is -0.555. The van der Waals surface area contributed by atoms with Crippen LogP contribution in [-0.4, -0.2) is 67.2 Å². The van der Waals surface area contributed by atoms with Gasteiger partial charge in [-0.1, -0.05) is 68.8 Å². The van der Waals surface area contributed by atoms with Gasteiger partial charge in [0.05, 0.1) is 20.6 Å². The van der Waals surface area contributed by atoms with E-state index in [0.717, 1.165) is 62.8 Å². The Bertz CT molecular complexity index is 1210. The van der Waals surface area contributed by atoms with E-state index < -0.39 is 5.41 Å². The molecular formula is C32H45N4O2+. The number of fused-ring (bicyclic) bond motifs is 1. The molecule has 1 aliphatic heterocycles. The van der Waals surface area contributed by atoms with E-state index in [2.05, 4.69) is 81.4 Å². The number of hydrogen-bond donors (Lipinski definition) is 1. The van der Waals surface area contributed by atoms with E-state index >= 15 is 0 Å². The number of likely N-dealkylation sites (tertiary alicyclic amines) is 1. The summed E-state index contributed by atoms with van der Waals surface area (Å²) < 4.78 is 6.99. The van der Waals surface area contributed by atoms with Crippen LogP contribution in [-0.2, 0) is 11.2 Å². The molecule has 2 N–H and O–H groups in total. The maximum atomic E-state index is 13.0. The number of benzene rings is 2. The van der Waals surface area contributed by atoms with Gasteiger partial charge in [0.1, 0.15) is 18.6 Å². The fraction of sp³-hybridized carbons (Fsp3) is 0.500. The lowest BCUT2D eigenvalue weighted by molar-refractivity contribution is -0.896. The van der Waals surface area contributed by atoms with Crippen molar-refractivity contribution in [2.24, 2.45) is 11.1 Å². The molecule has 0 bridgehead atoms. The Labute approximate surface area is 228 Å². The van der Waals surface area contributed by atoms with Gasteiger partial charge in [-0.2, -0.15) is 0 Å². The maximum absolute atomic E-state index is 13.0. The lowest BCUT2D eigenvalue weighted by Gasteiger charge is -2.47. The van der Waals surface area contributed by atoms with Crippen molar-refractivity contribution in [3.05, 3.63) is 71.9 Å². The SMILES string of the molecule is CCCCc1cc2ccccc2c(OCC[N+](C)(C)CC2(C(N)=O)CCN(CC)C(c3ccccc3)C2)n1. The summed E-state index contributed by atoms with van der Waals surface area (Å²) in [4.78, 5) is 20.4. The monoisotopic (exact) mass is 517 g/mol. The molecule has 204 valence electrons.